The normalized spacial score (nSPS) is 12.6. The van der Waals surface area contributed by atoms with Crippen molar-refractivity contribution in [2.24, 2.45) is 5.73 Å². The van der Waals surface area contributed by atoms with Gasteiger partial charge in [0.15, 0.2) is 0 Å². The Labute approximate surface area is 84.9 Å². The summed E-state index contributed by atoms with van der Waals surface area (Å²) in [5, 5.41) is 8.85. The number of methoxy groups -OCH3 is 1. The molecule has 4 nitrogen and oxygen atoms in total. The maximum absolute atomic E-state index is 8.85. The van der Waals surface area contributed by atoms with E-state index in [1.165, 1.54) is 0 Å². The Morgan fingerprint density at radius 3 is 3.00 bits per heavy atom. The third-order valence-electron chi connectivity index (χ3n) is 1.65. The van der Waals surface area contributed by atoms with Gasteiger partial charge in [-0.3, -0.25) is 4.98 Å². The van der Waals surface area contributed by atoms with E-state index in [1.54, 1.807) is 19.4 Å². The van der Waals surface area contributed by atoms with Crippen molar-refractivity contribution in [3.8, 4) is 5.75 Å². The molecule has 0 saturated carbocycles. The lowest BCUT2D eigenvalue weighted by molar-refractivity contribution is 0.265. The molecule has 1 unspecified atom stereocenters. The molecule has 0 aromatic carbocycles. The molecule has 0 amide bonds. The van der Waals surface area contributed by atoms with E-state index in [1.807, 2.05) is 0 Å². The predicted molar refractivity (Wildman–Crippen MR) is 52.5 cm³/mol. The fourth-order valence-electron chi connectivity index (χ4n) is 0.944. The standard InChI is InChI=1S/C8H11BrN2O2/c1-13-6-2-3-11-8(7(6)9)5(10)4-12/h2-3,5,12H,4,10H2,1H3. The molecular formula is C8H11BrN2O2. The van der Waals surface area contributed by atoms with E-state index < -0.39 is 6.04 Å². The lowest BCUT2D eigenvalue weighted by Gasteiger charge is -2.11. The Morgan fingerprint density at radius 2 is 2.46 bits per heavy atom. The van der Waals surface area contributed by atoms with E-state index in [0.29, 0.717) is 15.9 Å². The van der Waals surface area contributed by atoms with Gasteiger partial charge in [0.25, 0.3) is 0 Å². The van der Waals surface area contributed by atoms with Crippen molar-refractivity contribution >= 4 is 15.9 Å². The van der Waals surface area contributed by atoms with Crippen molar-refractivity contribution in [2.45, 2.75) is 6.04 Å². The van der Waals surface area contributed by atoms with Gasteiger partial charge in [0.05, 0.1) is 29.9 Å². The lowest BCUT2D eigenvalue weighted by atomic mass is 10.2. The molecule has 13 heavy (non-hydrogen) atoms. The van der Waals surface area contributed by atoms with Crippen LogP contribution in [0.25, 0.3) is 0 Å². The minimum absolute atomic E-state index is 0.140. The Kier molecular flexibility index (Phi) is 3.65. The first-order valence-electron chi connectivity index (χ1n) is 3.75. The van der Waals surface area contributed by atoms with E-state index in [-0.39, 0.29) is 6.61 Å². The lowest BCUT2D eigenvalue weighted by Crippen LogP contribution is -2.16. The quantitative estimate of drug-likeness (QED) is 0.830. The minimum Gasteiger partial charge on any atom is -0.495 e. The molecule has 0 aliphatic rings. The van der Waals surface area contributed by atoms with Gasteiger partial charge in [0.2, 0.25) is 0 Å². The van der Waals surface area contributed by atoms with E-state index in [2.05, 4.69) is 20.9 Å². The topological polar surface area (TPSA) is 68.4 Å². The van der Waals surface area contributed by atoms with E-state index in [0.717, 1.165) is 0 Å². The van der Waals surface area contributed by atoms with Gasteiger partial charge in [-0.25, -0.2) is 0 Å². The Balaban J connectivity index is 3.08. The van der Waals surface area contributed by atoms with Crippen LogP contribution in [0.4, 0.5) is 0 Å². The highest BCUT2D eigenvalue weighted by atomic mass is 79.9. The molecule has 72 valence electrons. The Hall–Kier alpha value is -0.650. The molecule has 0 spiro atoms. The first-order chi connectivity index (χ1) is 6.20. The van der Waals surface area contributed by atoms with Crippen LogP contribution in [0.3, 0.4) is 0 Å². The highest BCUT2D eigenvalue weighted by Gasteiger charge is 2.13. The fraction of sp³-hybridized carbons (Fsp3) is 0.375. The third-order valence-corrected chi connectivity index (χ3v) is 2.45. The van der Waals surface area contributed by atoms with Gasteiger partial charge in [-0.2, -0.15) is 0 Å². The number of pyridine rings is 1. The first-order valence-corrected chi connectivity index (χ1v) is 4.54. The molecule has 0 radical (unpaired) electrons. The van der Waals surface area contributed by atoms with Crippen LogP contribution in [-0.2, 0) is 0 Å². The van der Waals surface area contributed by atoms with Gasteiger partial charge in [-0.05, 0) is 22.0 Å². The van der Waals surface area contributed by atoms with Crippen molar-refractivity contribution in [1.29, 1.82) is 0 Å². The van der Waals surface area contributed by atoms with Crippen molar-refractivity contribution in [2.75, 3.05) is 13.7 Å². The average Bonchev–Trinajstić information content (AvgIpc) is 2.17. The molecule has 1 aromatic heterocycles. The van der Waals surface area contributed by atoms with E-state index in [9.17, 15) is 0 Å². The summed E-state index contributed by atoms with van der Waals surface area (Å²) in [6, 6.07) is 1.24. The highest BCUT2D eigenvalue weighted by Crippen LogP contribution is 2.29. The van der Waals surface area contributed by atoms with Gasteiger partial charge in [0, 0.05) is 6.20 Å². The molecule has 1 aromatic rings. The van der Waals surface area contributed by atoms with Crippen molar-refractivity contribution in [1.82, 2.24) is 4.98 Å². The smallest absolute Gasteiger partial charge is 0.136 e. The maximum atomic E-state index is 8.85. The van der Waals surface area contributed by atoms with Crippen LogP contribution >= 0.6 is 15.9 Å². The minimum atomic E-state index is -0.482. The largest absolute Gasteiger partial charge is 0.495 e. The molecule has 0 fully saturated rings. The van der Waals surface area contributed by atoms with Crippen LogP contribution in [0, 0.1) is 0 Å². The number of aliphatic hydroxyl groups excluding tert-OH is 1. The maximum Gasteiger partial charge on any atom is 0.136 e. The fourth-order valence-corrected chi connectivity index (χ4v) is 1.63. The summed E-state index contributed by atoms with van der Waals surface area (Å²) < 4.78 is 5.75. The molecule has 0 bridgehead atoms. The van der Waals surface area contributed by atoms with Crippen molar-refractivity contribution in [3.63, 3.8) is 0 Å². The number of hydrogen-bond donors (Lipinski definition) is 2. The summed E-state index contributed by atoms with van der Waals surface area (Å²) in [5.74, 6) is 0.661. The molecule has 0 aliphatic carbocycles. The summed E-state index contributed by atoms with van der Waals surface area (Å²) in [7, 11) is 1.56. The zero-order valence-corrected chi connectivity index (χ0v) is 8.78. The number of nitrogens with two attached hydrogens (primary N) is 1. The van der Waals surface area contributed by atoms with Crippen LogP contribution in [-0.4, -0.2) is 23.8 Å². The Bertz CT molecular complexity index is 293. The number of aromatic nitrogens is 1. The van der Waals surface area contributed by atoms with Crippen molar-refractivity contribution in [3.05, 3.63) is 22.4 Å². The number of halogens is 1. The molecular weight excluding hydrogens is 236 g/mol. The zero-order chi connectivity index (χ0) is 9.84. The first kappa shape index (κ1) is 10.4. The molecule has 3 N–H and O–H groups in total. The third kappa shape index (κ3) is 2.18. The molecule has 5 heteroatoms. The molecule has 1 rings (SSSR count). The summed E-state index contributed by atoms with van der Waals surface area (Å²) >= 11 is 3.30. The Morgan fingerprint density at radius 1 is 1.77 bits per heavy atom. The SMILES string of the molecule is COc1ccnc(C(N)CO)c1Br. The molecule has 0 aliphatic heterocycles. The van der Waals surface area contributed by atoms with Crippen LogP contribution in [0.15, 0.2) is 16.7 Å². The number of nitrogens with zero attached hydrogens (tertiary/aromatic N) is 1. The van der Waals surface area contributed by atoms with Crippen LogP contribution in [0.5, 0.6) is 5.75 Å². The predicted octanol–water partition coefficient (Wildman–Crippen LogP) is 0.845. The van der Waals surface area contributed by atoms with Gasteiger partial charge < -0.3 is 15.6 Å². The summed E-state index contributed by atoms with van der Waals surface area (Å²) in [6.45, 7) is -0.140. The van der Waals surface area contributed by atoms with Crippen molar-refractivity contribution < 1.29 is 9.84 Å². The van der Waals surface area contributed by atoms with Gasteiger partial charge in [-0.15, -0.1) is 0 Å². The number of hydrogen-bond acceptors (Lipinski definition) is 4. The second kappa shape index (κ2) is 4.55. The number of ether oxygens (including phenoxy) is 1. The van der Waals surface area contributed by atoms with Crippen LogP contribution in [0.2, 0.25) is 0 Å². The highest BCUT2D eigenvalue weighted by molar-refractivity contribution is 9.10. The second-order valence-corrected chi connectivity index (χ2v) is 3.29. The van der Waals surface area contributed by atoms with Gasteiger partial charge >= 0.3 is 0 Å². The zero-order valence-electron chi connectivity index (χ0n) is 7.20. The summed E-state index contributed by atoms with van der Waals surface area (Å²) in [6.07, 6.45) is 1.59. The second-order valence-electron chi connectivity index (χ2n) is 2.50. The monoisotopic (exact) mass is 246 g/mol. The average molecular weight is 247 g/mol. The molecule has 1 heterocycles. The molecule has 1 atom stereocenters. The van der Waals surface area contributed by atoms with Gasteiger partial charge in [-0.1, -0.05) is 0 Å². The van der Waals surface area contributed by atoms with E-state index in [4.69, 9.17) is 15.6 Å². The summed E-state index contributed by atoms with van der Waals surface area (Å²) in [5.41, 5.74) is 6.22. The number of aliphatic hydroxyl groups is 1. The number of rotatable bonds is 3. The van der Waals surface area contributed by atoms with Crippen LogP contribution < -0.4 is 10.5 Å². The van der Waals surface area contributed by atoms with Crippen LogP contribution in [0.1, 0.15) is 11.7 Å². The molecule has 0 saturated heterocycles. The van der Waals surface area contributed by atoms with E-state index >= 15 is 0 Å². The van der Waals surface area contributed by atoms with Gasteiger partial charge in [0.1, 0.15) is 5.75 Å². The summed E-state index contributed by atoms with van der Waals surface area (Å²) in [4.78, 5) is 4.05.